The van der Waals surface area contributed by atoms with Gasteiger partial charge in [-0.15, -0.1) is 0 Å². The molecule has 0 radical (unpaired) electrons. The van der Waals surface area contributed by atoms with Gasteiger partial charge in [-0.3, -0.25) is 19.5 Å². The summed E-state index contributed by atoms with van der Waals surface area (Å²) in [5, 5.41) is 3.47. The van der Waals surface area contributed by atoms with Crippen molar-refractivity contribution in [2.45, 2.75) is 6.54 Å². The highest BCUT2D eigenvalue weighted by Gasteiger charge is 2.24. The summed E-state index contributed by atoms with van der Waals surface area (Å²) in [5.74, 6) is 1.96. The fourth-order valence-electron chi connectivity index (χ4n) is 4.74. The molecule has 1 N–H and O–H groups in total. The van der Waals surface area contributed by atoms with Crippen LogP contribution in [0.25, 0.3) is 16.9 Å². The summed E-state index contributed by atoms with van der Waals surface area (Å²) in [6.45, 7) is -0.146. The third-order valence-electron chi connectivity index (χ3n) is 6.91. The van der Waals surface area contributed by atoms with Crippen molar-refractivity contribution in [1.82, 2.24) is 14.5 Å². The topological polar surface area (TPSA) is 117 Å². The van der Waals surface area contributed by atoms with Gasteiger partial charge in [0.15, 0.2) is 23.0 Å². The third kappa shape index (κ3) is 6.04. The van der Waals surface area contributed by atoms with Gasteiger partial charge in [-0.05, 0) is 54.6 Å². The smallest absolute Gasteiger partial charge is 0.254 e. The molecule has 1 aliphatic heterocycles. The van der Waals surface area contributed by atoms with Crippen LogP contribution in [0.2, 0.25) is 5.02 Å². The molecular formula is C32H27ClN4O7. The van der Waals surface area contributed by atoms with E-state index in [1.165, 1.54) is 11.2 Å². The standard InChI is InChI=1S/C32H27ClN4O7/c1-40-26-12-10-23(15-28(26)41-2)37-17-25(20-5-8-22(33)9-6-20)34-32(37)35-30(38)18-36(16-24-4-3-13-42-24)31(39)21-7-11-27-29(14-21)44-19-43-27/h3-15,17H,16,18-19H2,1-2H3,(H,34,35,38). The average molecular weight is 615 g/mol. The molecule has 1 aliphatic rings. The molecule has 44 heavy (non-hydrogen) atoms. The van der Waals surface area contributed by atoms with Crippen molar-refractivity contribution in [3.63, 3.8) is 0 Å². The summed E-state index contributed by atoms with van der Waals surface area (Å²) in [6.07, 6.45) is 3.30. The molecular weight excluding hydrogens is 588 g/mol. The van der Waals surface area contributed by atoms with E-state index in [1.54, 1.807) is 79.6 Å². The predicted molar refractivity (Wildman–Crippen MR) is 162 cm³/mol. The molecule has 0 saturated heterocycles. The summed E-state index contributed by atoms with van der Waals surface area (Å²) in [7, 11) is 3.10. The number of benzene rings is 3. The number of imidazole rings is 1. The molecule has 0 atom stereocenters. The minimum absolute atomic E-state index is 0.0633. The number of amides is 2. The van der Waals surface area contributed by atoms with Crippen molar-refractivity contribution in [1.29, 1.82) is 0 Å². The number of nitrogens with one attached hydrogen (secondary N) is 1. The number of carbonyl (C=O) groups excluding carboxylic acids is 2. The second-order valence-corrected chi connectivity index (χ2v) is 10.2. The lowest BCUT2D eigenvalue weighted by Crippen LogP contribution is -2.37. The fourth-order valence-corrected chi connectivity index (χ4v) is 4.87. The Labute approximate surface area is 257 Å². The zero-order valence-corrected chi connectivity index (χ0v) is 24.5. The Kier molecular flexibility index (Phi) is 8.11. The number of aromatic nitrogens is 2. The Morgan fingerprint density at radius 1 is 0.977 bits per heavy atom. The van der Waals surface area contributed by atoms with Gasteiger partial charge in [-0.2, -0.15) is 0 Å². The molecule has 0 bridgehead atoms. The van der Waals surface area contributed by atoms with E-state index >= 15 is 0 Å². The Bertz CT molecular complexity index is 1800. The Morgan fingerprint density at radius 2 is 1.77 bits per heavy atom. The second kappa shape index (κ2) is 12.4. The number of ether oxygens (including phenoxy) is 4. The van der Waals surface area contributed by atoms with Crippen LogP contribution in [0.5, 0.6) is 23.0 Å². The lowest BCUT2D eigenvalue weighted by Gasteiger charge is -2.21. The van der Waals surface area contributed by atoms with Crippen molar-refractivity contribution in [2.75, 3.05) is 32.9 Å². The second-order valence-electron chi connectivity index (χ2n) is 9.72. The van der Waals surface area contributed by atoms with Gasteiger partial charge in [-0.25, -0.2) is 4.98 Å². The lowest BCUT2D eigenvalue weighted by atomic mass is 10.1. The number of nitrogens with zero attached hydrogens (tertiary/aromatic N) is 3. The summed E-state index contributed by atoms with van der Waals surface area (Å²) in [5.41, 5.74) is 2.39. The molecule has 2 amide bonds. The van der Waals surface area contributed by atoms with E-state index in [0.717, 1.165) is 5.56 Å². The number of anilines is 1. The van der Waals surface area contributed by atoms with Crippen LogP contribution < -0.4 is 24.3 Å². The number of methoxy groups -OCH3 is 2. The minimum Gasteiger partial charge on any atom is -0.493 e. The van der Waals surface area contributed by atoms with Crippen LogP contribution in [0.1, 0.15) is 16.1 Å². The number of fused-ring (bicyclic) bond motifs is 1. The average Bonchev–Trinajstić information content (AvgIpc) is 3.82. The van der Waals surface area contributed by atoms with Crippen molar-refractivity contribution in [3.05, 3.63) is 102 Å². The Morgan fingerprint density at radius 3 is 2.52 bits per heavy atom. The monoisotopic (exact) mass is 614 g/mol. The molecule has 3 aromatic carbocycles. The van der Waals surface area contributed by atoms with Crippen LogP contribution in [0.4, 0.5) is 5.95 Å². The van der Waals surface area contributed by atoms with Crippen LogP contribution in [0.3, 0.4) is 0 Å². The number of rotatable bonds is 10. The number of furan rings is 1. The molecule has 5 aromatic rings. The van der Waals surface area contributed by atoms with Crippen molar-refractivity contribution >= 4 is 29.4 Å². The first-order chi connectivity index (χ1) is 21.4. The molecule has 12 heteroatoms. The van der Waals surface area contributed by atoms with Gasteiger partial charge in [0, 0.05) is 28.4 Å². The van der Waals surface area contributed by atoms with Crippen LogP contribution >= 0.6 is 11.6 Å². The van der Waals surface area contributed by atoms with E-state index in [4.69, 9.17) is 39.9 Å². The maximum atomic E-state index is 13.6. The van der Waals surface area contributed by atoms with E-state index in [2.05, 4.69) is 5.32 Å². The lowest BCUT2D eigenvalue weighted by molar-refractivity contribution is -0.117. The van der Waals surface area contributed by atoms with Gasteiger partial charge in [0.05, 0.1) is 38.4 Å². The first-order valence-corrected chi connectivity index (χ1v) is 13.9. The van der Waals surface area contributed by atoms with Gasteiger partial charge in [-0.1, -0.05) is 23.7 Å². The molecule has 6 rings (SSSR count). The van der Waals surface area contributed by atoms with E-state index in [9.17, 15) is 9.59 Å². The van der Waals surface area contributed by atoms with Crippen LogP contribution in [-0.4, -0.2) is 53.8 Å². The highest BCUT2D eigenvalue weighted by molar-refractivity contribution is 6.30. The van der Waals surface area contributed by atoms with E-state index in [1.807, 2.05) is 18.2 Å². The zero-order valence-electron chi connectivity index (χ0n) is 23.8. The fraction of sp³-hybridized carbons (Fsp3) is 0.156. The maximum Gasteiger partial charge on any atom is 0.254 e. The normalized spacial score (nSPS) is 11.7. The van der Waals surface area contributed by atoms with E-state index < -0.39 is 5.91 Å². The van der Waals surface area contributed by atoms with Gasteiger partial charge < -0.3 is 28.3 Å². The number of hydrogen-bond acceptors (Lipinski definition) is 8. The first kappa shape index (κ1) is 28.7. The summed E-state index contributed by atoms with van der Waals surface area (Å²) < 4.78 is 28.9. The highest BCUT2D eigenvalue weighted by atomic mass is 35.5. The molecule has 0 unspecified atom stereocenters. The van der Waals surface area contributed by atoms with Crippen LogP contribution in [0.15, 0.2) is 89.7 Å². The molecule has 0 aliphatic carbocycles. The SMILES string of the molecule is COc1ccc(-n2cc(-c3ccc(Cl)cc3)nc2NC(=O)CN(Cc2ccco2)C(=O)c2ccc3c(c2)OCO3)cc1OC. The maximum absolute atomic E-state index is 13.6. The van der Waals surface area contributed by atoms with Gasteiger partial charge >= 0.3 is 0 Å². The quantitative estimate of drug-likeness (QED) is 0.209. The Hall–Kier alpha value is -5.42. The number of hydrogen-bond donors (Lipinski definition) is 1. The highest BCUT2D eigenvalue weighted by Crippen LogP contribution is 2.34. The first-order valence-electron chi connectivity index (χ1n) is 13.5. The third-order valence-corrected chi connectivity index (χ3v) is 7.16. The molecule has 3 heterocycles. The minimum atomic E-state index is -0.472. The number of carbonyl (C=O) groups is 2. The van der Waals surface area contributed by atoms with Crippen molar-refractivity contribution in [3.8, 4) is 39.9 Å². The van der Waals surface area contributed by atoms with Crippen molar-refractivity contribution in [2.24, 2.45) is 0 Å². The van der Waals surface area contributed by atoms with Crippen LogP contribution in [0, 0.1) is 0 Å². The molecule has 11 nitrogen and oxygen atoms in total. The predicted octanol–water partition coefficient (Wildman–Crippen LogP) is 5.81. The van der Waals surface area contributed by atoms with E-state index in [-0.39, 0.29) is 31.7 Å². The zero-order chi connectivity index (χ0) is 30.6. The molecule has 224 valence electrons. The van der Waals surface area contributed by atoms with Crippen LogP contribution in [-0.2, 0) is 11.3 Å². The molecule has 0 spiro atoms. The molecule has 2 aromatic heterocycles. The van der Waals surface area contributed by atoms with Crippen molar-refractivity contribution < 1.29 is 33.0 Å². The number of halogens is 1. The summed E-state index contributed by atoms with van der Waals surface area (Å²) >= 11 is 6.10. The van der Waals surface area contributed by atoms with E-state index in [0.29, 0.717) is 50.7 Å². The summed E-state index contributed by atoms with van der Waals surface area (Å²) in [6, 6.07) is 20.9. The van der Waals surface area contributed by atoms with Gasteiger partial charge in [0.1, 0.15) is 12.3 Å². The van der Waals surface area contributed by atoms with Gasteiger partial charge in [0.25, 0.3) is 5.91 Å². The largest absolute Gasteiger partial charge is 0.493 e. The molecule has 0 fully saturated rings. The van der Waals surface area contributed by atoms with Gasteiger partial charge in [0.2, 0.25) is 18.6 Å². The Balaban J connectivity index is 1.31. The summed E-state index contributed by atoms with van der Waals surface area (Å²) in [4.78, 5) is 33.3. The molecule has 0 saturated carbocycles.